The molecule has 1 aromatic carbocycles. The molecule has 8 nitrogen and oxygen atoms in total. The number of hydrogen-bond acceptors (Lipinski definition) is 7. The molecule has 0 bridgehead atoms. The van der Waals surface area contributed by atoms with Crippen LogP contribution in [0, 0.1) is 17.1 Å². The van der Waals surface area contributed by atoms with Crippen LogP contribution in [0.15, 0.2) is 54.0 Å². The van der Waals surface area contributed by atoms with E-state index in [1.54, 1.807) is 6.07 Å². The molecular formula is C19H13FN6O2. The van der Waals surface area contributed by atoms with Gasteiger partial charge >= 0.3 is 0 Å². The second kappa shape index (κ2) is 8.46. The quantitative estimate of drug-likeness (QED) is 0.540. The van der Waals surface area contributed by atoms with E-state index in [0.717, 1.165) is 6.21 Å². The van der Waals surface area contributed by atoms with Gasteiger partial charge in [0.25, 0.3) is 5.91 Å². The Balaban J connectivity index is 1.73. The number of pyridine rings is 1. The Hall–Kier alpha value is -4.19. The van der Waals surface area contributed by atoms with Crippen molar-refractivity contribution in [3.8, 4) is 23.1 Å². The molecule has 0 aliphatic carbocycles. The minimum Gasteiger partial charge on any atom is -0.497 e. The summed E-state index contributed by atoms with van der Waals surface area (Å²) in [5, 5.41) is 12.5. The number of rotatable bonds is 5. The minimum atomic E-state index is -0.615. The van der Waals surface area contributed by atoms with Gasteiger partial charge in [-0.25, -0.2) is 19.8 Å². The van der Waals surface area contributed by atoms with Crippen molar-refractivity contribution in [2.24, 2.45) is 5.10 Å². The number of methoxy groups -OCH3 is 1. The number of nitrogens with one attached hydrogen (secondary N) is 1. The summed E-state index contributed by atoms with van der Waals surface area (Å²) in [6.07, 6.45) is 5.37. The van der Waals surface area contributed by atoms with E-state index in [2.05, 4.69) is 25.5 Å². The number of halogens is 1. The number of benzene rings is 1. The molecule has 0 fully saturated rings. The lowest BCUT2D eigenvalue weighted by Crippen LogP contribution is -2.19. The van der Waals surface area contributed by atoms with Gasteiger partial charge in [-0.15, -0.1) is 0 Å². The molecule has 2 heterocycles. The first-order valence-corrected chi connectivity index (χ1v) is 7.96. The van der Waals surface area contributed by atoms with Crippen LogP contribution in [0.25, 0.3) is 11.3 Å². The van der Waals surface area contributed by atoms with Crippen molar-refractivity contribution in [2.45, 2.75) is 0 Å². The van der Waals surface area contributed by atoms with E-state index in [0.29, 0.717) is 17.0 Å². The second-order valence-electron chi connectivity index (χ2n) is 5.42. The van der Waals surface area contributed by atoms with Crippen molar-refractivity contribution in [3.63, 3.8) is 0 Å². The minimum absolute atomic E-state index is 0.0186. The molecule has 0 saturated heterocycles. The fourth-order valence-corrected chi connectivity index (χ4v) is 2.19. The van der Waals surface area contributed by atoms with Crippen LogP contribution in [-0.4, -0.2) is 34.2 Å². The highest BCUT2D eigenvalue weighted by Crippen LogP contribution is 2.16. The number of aromatic nitrogens is 3. The summed E-state index contributed by atoms with van der Waals surface area (Å²) >= 11 is 0. The van der Waals surface area contributed by atoms with Crippen molar-refractivity contribution < 1.29 is 13.9 Å². The van der Waals surface area contributed by atoms with E-state index >= 15 is 0 Å². The average Bonchev–Trinajstić information content (AvgIpc) is 2.75. The Morgan fingerprint density at radius 2 is 2.14 bits per heavy atom. The molecule has 0 unspecified atom stereocenters. The Morgan fingerprint density at radius 3 is 2.86 bits per heavy atom. The number of nitriles is 1. The van der Waals surface area contributed by atoms with Gasteiger partial charge in [0.1, 0.15) is 29.0 Å². The number of nitrogens with zero attached hydrogens (tertiary/aromatic N) is 5. The predicted molar refractivity (Wildman–Crippen MR) is 98.0 cm³/mol. The molecular weight excluding hydrogens is 363 g/mol. The van der Waals surface area contributed by atoms with Crippen molar-refractivity contribution in [1.29, 1.82) is 5.26 Å². The lowest BCUT2D eigenvalue weighted by molar-refractivity contribution is 0.0950. The summed E-state index contributed by atoms with van der Waals surface area (Å²) in [6, 6.07) is 9.28. The van der Waals surface area contributed by atoms with Gasteiger partial charge in [0.05, 0.1) is 31.4 Å². The zero-order valence-electron chi connectivity index (χ0n) is 14.6. The van der Waals surface area contributed by atoms with Crippen LogP contribution in [0.3, 0.4) is 0 Å². The maximum absolute atomic E-state index is 13.7. The van der Waals surface area contributed by atoms with E-state index < -0.39 is 11.7 Å². The maximum Gasteiger partial charge on any atom is 0.291 e. The Kier molecular flexibility index (Phi) is 5.62. The van der Waals surface area contributed by atoms with E-state index in [-0.39, 0.29) is 17.0 Å². The number of carbonyl (C=O) groups is 1. The van der Waals surface area contributed by atoms with Crippen molar-refractivity contribution >= 4 is 12.1 Å². The van der Waals surface area contributed by atoms with Gasteiger partial charge < -0.3 is 4.74 Å². The third-order valence-electron chi connectivity index (χ3n) is 3.61. The zero-order chi connectivity index (χ0) is 19.9. The first-order valence-electron chi connectivity index (χ1n) is 7.96. The van der Waals surface area contributed by atoms with Gasteiger partial charge in [-0.3, -0.25) is 9.78 Å². The molecule has 28 heavy (non-hydrogen) atoms. The van der Waals surface area contributed by atoms with Crippen LogP contribution in [-0.2, 0) is 0 Å². The first-order chi connectivity index (χ1) is 13.6. The Bertz CT molecular complexity index is 1080. The average molecular weight is 376 g/mol. The molecule has 0 aliphatic rings. The molecule has 0 saturated carbocycles. The van der Waals surface area contributed by atoms with Crippen LogP contribution in [0.4, 0.5) is 4.39 Å². The van der Waals surface area contributed by atoms with Gasteiger partial charge in [-0.2, -0.15) is 10.4 Å². The molecule has 2 aromatic heterocycles. The number of amides is 1. The fourth-order valence-electron chi connectivity index (χ4n) is 2.19. The van der Waals surface area contributed by atoms with Gasteiger partial charge in [0.15, 0.2) is 0 Å². The van der Waals surface area contributed by atoms with Gasteiger partial charge in [0.2, 0.25) is 0 Å². The predicted octanol–water partition coefficient (Wildman–Crippen LogP) is 2.32. The van der Waals surface area contributed by atoms with Crippen LogP contribution < -0.4 is 10.2 Å². The van der Waals surface area contributed by atoms with Crippen molar-refractivity contribution in [1.82, 2.24) is 20.4 Å². The number of hydrazone groups is 1. The third-order valence-corrected chi connectivity index (χ3v) is 3.61. The summed E-state index contributed by atoms with van der Waals surface area (Å²) < 4.78 is 18.8. The van der Waals surface area contributed by atoms with Crippen LogP contribution >= 0.6 is 0 Å². The summed E-state index contributed by atoms with van der Waals surface area (Å²) in [5.41, 5.74) is 3.72. The number of carbonyl (C=O) groups excluding carboxylic acids is 1. The molecule has 1 amide bonds. The normalized spacial score (nSPS) is 10.5. The van der Waals surface area contributed by atoms with E-state index in [1.807, 2.05) is 6.07 Å². The fraction of sp³-hybridized carbons (Fsp3) is 0.0526. The highest BCUT2D eigenvalue weighted by atomic mass is 19.1. The maximum atomic E-state index is 13.7. The summed E-state index contributed by atoms with van der Waals surface area (Å²) in [7, 11) is 1.46. The molecule has 0 atom stereocenters. The highest BCUT2D eigenvalue weighted by Gasteiger charge is 2.10. The van der Waals surface area contributed by atoms with E-state index in [4.69, 9.17) is 10.00 Å². The molecule has 3 aromatic rings. The Morgan fingerprint density at radius 1 is 1.29 bits per heavy atom. The SMILES string of the molecule is COc1ccc(F)c(/C=N/NC(=O)c2cncc(-c3ccc(C#N)nc3)n2)c1. The number of hydrogen-bond donors (Lipinski definition) is 1. The largest absolute Gasteiger partial charge is 0.497 e. The van der Waals surface area contributed by atoms with Crippen LogP contribution in [0.1, 0.15) is 21.7 Å². The topological polar surface area (TPSA) is 113 Å². The second-order valence-corrected chi connectivity index (χ2v) is 5.42. The van der Waals surface area contributed by atoms with E-state index in [1.165, 1.54) is 50.0 Å². The van der Waals surface area contributed by atoms with E-state index in [9.17, 15) is 9.18 Å². The van der Waals surface area contributed by atoms with Gasteiger partial charge in [0, 0.05) is 17.3 Å². The lowest BCUT2D eigenvalue weighted by atomic mass is 10.2. The highest BCUT2D eigenvalue weighted by molar-refractivity contribution is 5.93. The van der Waals surface area contributed by atoms with Crippen LogP contribution in [0.2, 0.25) is 0 Å². The van der Waals surface area contributed by atoms with Crippen molar-refractivity contribution in [3.05, 3.63) is 71.7 Å². The molecule has 9 heteroatoms. The molecule has 138 valence electrons. The molecule has 0 aliphatic heterocycles. The van der Waals surface area contributed by atoms with Gasteiger partial charge in [-0.1, -0.05) is 0 Å². The molecule has 0 radical (unpaired) electrons. The first kappa shape index (κ1) is 18.6. The molecule has 0 spiro atoms. The number of ether oxygens (including phenoxy) is 1. The smallest absolute Gasteiger partial charge is 0.291 e. The zero-order valence-corrected chi connectivity index (χ0v) is 14.6. The lowest BCUT2D eigenvalue weighted by Gasteiger charge is -2.04. The summed E-state index contributed by atoms with van der Waals surface area (Å²) in [4.78, 5) is 24.4. The summed E-state index contributed by atoms with van der Waals surface area (Å²) in [5.74, 6) is -0.659. The van der Waals surface area contributed by atoms with Gasteiger partial charge in [-0.05, 0) is 30.3 Å². The van der Waals surface area contributed by atoms with Crippen LogP contribution in [0.5, 0.6) is 5.75 Å². The monoisotopic (exact) mass is 376 g/mol. The third kappa shape index (κ3) is 4.31. The Labute approximate surface area is 159 Å². The molecule has 1 N–H and O–H groups in total. The van der Waals surface area contributed by atoms with Crippen molar-refractivity contribution in [2.75, 3.05) is 7.11 Å². The standard InChI is InChI=1S/C19H13FN6O2/c1-28-15-4-5-16(20)13(6-15)9-24-26-19(27)18-11-22-10-17(25-18)12-2-3-14(7-21)23-8-12/h2-6,8-11H,1H3,(H,26,27)/b24-9+. The molecule has 3 rings (SSSR count). The summed E-state index contributed by atoms with van der Waals surface area (Å²) in [6.45, 7) is 0.